The van der Waals surface area contributed by atoms with Crippen LogP contribution in [0.4, 0.5) is 4.79 Å². The first-order valence-electron chi connectivity index (χ1n) is 7.18. The summed E-state index contributed by atoms with van der Waals surface area (Å²) < 4.78 is 5.19. The minimum Gasteiger partial charge on any atom is -0.465 e. The van der Waals surface area contributed by atoms with Gasteiger partial charge < -0.3 is 20.1 Å². The van der Waals surface area contributed by atoms with E-state index in [9.17, 15) is 14.4 Å². The monoisotopic (exact) mass is 296 g/mol. The minimum absolute atomic E-state index is 0.150. The van der Waals surface area contributed by atoms with Crippen LogP contribution in [-0.4, -0.2) is 53.2 Å². The lowest BCUT2D eigenvalue weighted by molar-refractivity contribution is -0.147. The van der Waals surface area contributed by atoms with Gasteiger partial charge in [-0.15, -0.1) is 0 Å². The molecule has 1 fully saturated rings. The maximum atomic E-state index is 12.5. The van der Waals surface area contributed by atoms with E-state index in [1.54, 1.807) is 17.1 Å². The molecule has 0 aliphatic carbocycles. The van der Waals surface area contributed by atoms with Crippen LogP contribution < -0.4 is 5.32 Å². The van der Waals surface area contributed by atoms with E-state index in [0.717, 1.165) is 12.8 Å². The number of carbonyl (C=O) groups excluding carboxylic acids is 2. The summed E-state index contributed by atoms with van der Waals surface area (Å²) in [5.41, 5.74) is 0. The number of carboxylic acid groups (broad SMARTS) is 1. The van der Waals surface area contributed by atoms with Crippen molar-refractivity contribution in [1.82, 2.24) is 10.2 Å². The Morgan fingerprint density at radius 3 is 2.95 bits per heavy atom. The van der Waals surface area contributed by atoms with Gasteiger partial charge >= 0.3 is 12.1 Å². The molecular weight excluding hydrogens is 276 g/mol. The Balaban J connectivity index is 2.14. The highest BCUT2D eigenvalue weighted by atomic mass is 16.5. The molecule has 2 aliphatic heterocycles. The van der Waals surface area contributed by atoms with Gasteiger partial charge in [-0.25, -0.2) is 4.79 Å². The first kappa shape index (κ1) is 15.3. The fourth-order valence-electron chi connectivity index (χ4n) is 2.68. The highest BCUT2D eigenvalue weighted by Crippen LogP contribution is 2.20. The lowest BCUT2D eigenvalue weighted by atomic mass is 10.1. The second-order valence-electron chi connectivity index (χ2n) is 5.26. The van der Waals surface area contributed by atoms with Crippen molar-refractivity contribution in [1.29, 1.82) is 0 Å². The Morgan fingerprint density at radius 1 is 1.38 bits per heavy atom. The normalized spacial score (nSPS) is 28.9. The Labute approximate surface area is 122 Å². The zero-order valence-electron chi connectivity index (χ0n) is 11.8. The van der Waals surface area contributed by atoms with E-state index in [-0.39, 0.29) is 24.5 Å². The van der Waals surface area contributed by atoms with E-state index < -0.39 is 12.1 Å². The summed E-state index contributed by atoms with van der Waals surface area (Å²) >= 11 is 0. The van der Waals surface area contributed by atoms with Crippen LogP contribution in [0.25, 0.3) is 0 Å². The first-order chi connectivity index (χ1) is 10.1. The fourth-order valence-corrected chi connectivity index (χ4v) is 2.68. The van der Waals surface area contributed by atoms with Gasteiger partial charge in [-0.2, -0.15) is 0 Å². The summed E-state index contributed by atoms with van der Waals surface area (Å²) in [7, 11) is 0. The predicted octanol–water partition coefficient (Wildman–Crippen LogP) is 0.897. The molecule has 0 spiro atoms. The SMILES string of the molecule is O=C(O)N[C@@H]1C/C=C/CCC(=O)OC[C@@H]2CCCN2C1=O. The zero-order valence-corrected chi connectivity index (χ0v) is 11.8. The van der Waals surface area contributed by atoms with Crippen molar-refractivity contribution in [3.05, 3.63) is 12.2 Å². The van der Waals surface area contributed by atoms with Crippen LogP contribution in [0.1, 0.15) is 32.1 Å². The average Bonchev–Trinajstić information content (AvgIpc) is 2.89. The molecule has 116 valence electrons. The summed E-state index contributed by atoms with van der Waals surface area (Å²) in [5, 5.41) is 11.1. The maximum absolute atomic E-state index is 12.5. The van der Waals surface area contributed by atoms with Gasteiger partial charge in [0.2, 0.25) is 5.91 Å². The number of carbonyl (C=O) groups is 3. The molecule has 2 aliphatic rings. The molecule has 0 aromatic heterocycles. The number of nitrogens with zero attached hydrogens (tertiary/aromatic N) is 1. The number of rotatable bonds is 1. The van der Waals surface area contributed by atoms with Crippen LogP contribution in [0, 0.1) is 0 Å². The van der Waals surface area contributed by atoms with Crippen molar-refractivity contribution >= 4 is 18.0 Å². The average molecular weight is 296 g/mol. The highest BCUT2D eigenvalue weighted by molar-refractivity contribution is 5.86. The number of amides is 2. The Kier molecular flexibility index (Phi) is 5.19. The molecule has 2 atom stereocenters. The number of nitrogens with one attached hydrogen (secondary N) is 1. The molecule has 7 nitrogen and oxygen atoms in total. The van der Waals surface area contributed by atoms with Crippen molar-refractivity contribution in [2.24, 2.45) is 0 Å². The van der Waals surface area contributed by atoms with Gasteiger partial charge in [0.25, 0.3) is 0 Å². The predicted molar refractivity (Wildman–Crippen MR) is 73.6 cm³/mol. The molecule has 2 heterocycles. The zero-order chi connectivity index (χ0) is 15.2. The van der Waals surface area contributed by atoms with Crippen LogP contribution >= 0.6 is 0 Å². The van der Waals surface area contributed by atoms with E-state index in [0.29, 0.717) is 25.8 Å². The highest BCUT2D eigenvalue weighted by Gasteiger charge is 2.34. The topological polar surface area (TPSA) is 95.9 Å². The lowest BCUT2D eigenvalue weighted by Crippen LogP contribution is -2.50. The number of fused-ring (bicyclic) bond motifs is 1. The lowest BCUT2D eigenvalue weighted by Gasteiger charge is -2.28. The molecule has 2 amide bonds. The maximum Gasteiger partial charge on any atom is 0.405 e. The summed E-state index contributed by atoms with van der Waals surface area (Å²) in [6.07, 6.45) is 5.03. The van der Waals surface area contributed by atoms with Crippen molar-refractivity contribution in [2.75, 3.05) is 13.2 Å². The standard InChI is InChI=1S/C14H20N2O5/c17-12-7-3-1-2-6-11(15-14(19)20)13(18)16-8-4-5-10(16)9-21-12/h1-2,10-11,15H,3-9H2,(H,19,20)/b2-1+/t10-,11+/m0/s1. The number of ether oxygens (including phenoxy) is 1. The molecule has 0 saturated carbocycles. The third-order valence-electron chi connectivity index (χ3n) is 3.75. The number of allylic oxidation sites excluding steroid dienone is 1. The van der Waals surface area contributed by atoms with Gasteiger partial charge in [0.1, 0.15) is 12.6 Å². The van der Waals surface area contributed by atoms with Gasteiger partial charge in [0, 0.05) is 13.0 Å². The Bertz CT molecular complexity index is 449. The van der Waals surface area contributed by atoms with E-state index in [4.69, 9.17) is 9.84 Å². The second-order valence-corrected chi connectivity index (χ2v) is 5.26. The van der Waals surface area contributed by atoms with Gasteiger partial charge in [0.05, 0.1) is 6.04 Å². The second kappa shape index (κ2) is 7.10. The summed E-state index contributed by atoms with van der Waals surface area (Å²) in [6, 6.07) is -0.933. The number of esters is 1. The molecule has 2 rings (SSSR count). The van der Waals surface area contributed by atoms with Crippen LogP contribution in [0.3, 0.4) is 0 Å². The minimum atomic E-state index is -1.21. The number of hydrogen-bond donors (Lipinski definition) is 2. The largest absolute Gasteiger partial charge is 0.465 e. The molecule has 0 aromatic carbocycles. The Hall–Kier alpha value is -2.05. The Morgan fingerprint density at radius 2 is 2.19 bits per heavy atom. The van der Waals surface area contributed by atoms with E-state index >= 15 is 0 Å². The van der Waals surface area contributed by atoms with Crippen LogP contribution in [0.2, 0.25) is 0 Å². The van der Waals surface area contributed by atoms with Gasteiger partial charge in [0.15, 0.2) is 0 Å². The fraction of sp³-hybridized carbons (Fsp3) is 0.643. The van der Waals surface area contributed by atoms with Gasteiger partial charge in [-0.05, 0) is 25.7 Å². The van der Waals surface area contributed by atoms with Crippen LogP contribution in [0.15, 0.2) is 12.2 Å². The number of cyclic esters (lactones) is 1. The molecule has 1 saturated heterocycles. The third-order valence-corrected chi connectivity index (χ3v) is 3.75. The quantitative estimate of drug-likeness (QED) is 0.553. The molecule has 21 heavy (non-hydrogen) atoms. The van der Waals surface area contributed by atoms with E-state index in [1.165, 1.54) is 0 Å². The molecule has 0 aromatic rings. The summed E-state index contributed by atoms with van der Waals surface area (Å²) in [6.45, 7) is 0.761. The molecule has 0 unspecified atom stereocenters. The third kappa shape index (κ3) is 4.21. The smallest absolute Gasteiger partial charge is 0.405 e. The van der Waals surface area contributed by atoms with Crippen molar-refractivity contribution < 1.29 is 24.2 Å². The van der Waals surface area contributed by atoms with Crippen LogP contribution in [-0.2, 0) is 14.3 Å². The van der Waals surface area contributed by atoms with E-state index in [1.807, 2.05) is 0 Å². The van der Waals surface area contributed by atoms with Gasteiger partial charge in [-0.1, -0.05) is 12.2 Å². The molecule has 0 radical (unpaired) electrons. The first-order valence-corrected chi connectivity index (χ1v) is 7.18. The summed E-state index contributed by atoms with van der Waals surface area (Å²) in [5.74, 6) is -0.513. The molecule has 7 heteroatoms. The van der Waals surface area contributed by atoms with E-state index in [2.05, 4.69) is 5.32 Å². The molecular formula is C14H20N2O5. The number of hydrogen-bond acceptors (Lipinski definition) is 4. The van der Waals surface area contributed by atoms with Crippen molar-refractivity contribution in [3.8, 4) is 0 Å². The molecule has 0 bridgehead atoms. The van der Waals surface area contributed by atoms with Crippen molar-refractivity contribution in [3.63, 3.8) is 0 Å². The van der Waals surface area contributed by atoms with Crippen molar-refractivity contribution in [2.45, 2.75) is 44.2 Å². The van der Waals surface area contributed by atoms with Gasteiger partial charge in [-0.3, -0.25) is 9.59 Å². The molecule has 2 N–H and O–H groups in total. The summed E-state index contributed by atoms with van der Waals surface area (Å²) in [4.78, 5) is 36.5. The van der Waals surface area contributed by atoms with Crippen LogP contribution in [0.5, 0.6) is 0 Å².